The maximum absolute atomic E-state index is 5.69. The van der Waals surface area contributed by atoms with Crippen molar-refractivity contribution < 1.29 is 4.74 Å². The average molecular weight is 227 g/mol. The topological polar surface area (TPSA) is 65.8 Å². The van der Waals surface area contributed by atoms with Crippen LogP contribution in [-0.2, 0) is 6.54 Å². The molecule has 0 heterocycles. The van der Waals surface area contributed by atoms with Crippen molar-refractivity contribution in [2.75, 3.05) is 0 Å². The van der Waals surface area contributed by atoms with Crippen molar-refractivity contribution >= 4 is 0 Å². The van der Waals surface area contributed by atoms with Gasteiger partial charge in [0, 0.05) is 12.7 Å². The van der Waals surface area contributed by atoms with E-state index in [4.69, 9.17) is 10.5 Å². The summed E-state index contributed by atoms with van der Waals surface area (Å²) < 4.78 is 5.69. The number of hydrogen-bond acceptors (Lipinski definition) is 2. The number of nitrogens with zero attached hydrogens (tertiary/aromatic N) is 1. The molecule has 3 radical (unpaired) electrons. The van der Waals surface area contributed by atoms with E-state index in [0.717, 1.165) is 17.1 Å². The van der Waals surface area contributed by atoms with Crippen molar-refractivity contribution in [2.45, 2.75) is 13.5 Å². The van der Waals surface area contributed by atoms with Crippen molar-refractivity contribution in [2.24, 2.45) is 5.73 Å². The lowest BCUT2D eigenvalue weighted by molar-refractivity contribution is 0.482. The fourth-order valence-corrected chi connectivity index (χ4v) is 1.44. The largest absolute Gasteiger partial charge is 0.457 e. The highest BCUT2D eigenvalue weighted by atomic mass is 16.5. The second-order valence-electron chi connectivity index (χ2n) is 3.76. The first-order chi connectivity index (χ1) is 7.78. The number of aryl methyl sites for hydroxylation is 1. The van der Waals surface area contributed by atoms with Crippen LogP contribution in [0.25, 0.3) is 0 Å². The molecule has 3 heteroatoms. The number of nitrogens with two attached hydrogens (primary N) is 1. The molecule has 0 saturated carbocycles. The molecule has 2 aromatic carbocycles. The van der Waals surface area contributed by atoms with E-state index in [1.54, 1.807) is 0 Å². The molecule has 17 heavy (non-hydrogen) atoms. The molecular weight excluding hydrogens is 212 g/mol. The van der Waals surface area contributed by atoms with Gasteiger partial charge in [0.25, 0.3) is 0 Å². The first-order valence-electron chi connectivity index (χ1n) is 5.31. The molecule has 0 atom stereocenters. The van der Waals surface area contributed by atoms with E-state index in [1.165, 1.54) is 5.56 Å². The summed E-state index contributed by atoms with van der Waals surface area (Å²) in [5, 5.41) is 0. The Balaban J connectivity index is 0.00000144. The lowest BCUT2D eigenvalue weighted by Gasteiger charge is -2.06. The standard InChI is InChI=1S/C14H15NO.N/c1-11-2-6-13(7-3-11)16-14-8-4-12(10-15)5-9-14;/h2-9H,10,15H2,1H3;. The van der Waals surface area contributed by atoms with Crippen LogP contribution in [0.15, 0.2) is 48.5 Å². The molecule has 2 aromatic rings. The Kier molecular flexibility index (Phi) is 4.69. The van der Waals surface area contributed by atoms with Gasteiger partial charge in [-0.1, -0.05) is 29.8 Å². The summed E-state index contributed by atoms with van der Waals surface area (Å²) in [5.74, 6) is 1.69. The summed E-state index contributed by atoms with van der Waals surface area (Å²) in [6.07, 6.45) is 0. The second-order valence-corrected chi connectivity index (χ2v) is 3.76. The Morgan fingerprint density at radius 2 is 1.35 bits per heavy atom. The first-order valence-corrected chi connectivity index (χ1v) is 5.31. The zero-order valence-corrected chi connectivity index (χ0v) is 9.76. The fraction of sp³-hybridized carbons (Fsp3) is 0.143. The Labute approximate surface area is 102 Å². The molecule has 0 amide bonds. The van der Waals surface area contributed by atoms with Crippen molar-refractivity contribution in [3.63, 3.8) is 0 Å². The normalized spacial score (nSPS) is 9.53. The van der Waals surface area contributed by atoms with Crippen LogP contribution in [0.4, 0.5) is 0 Å². The monoisotopic (exact) mass is 227 g/mol. The van der Waals surface area contributed by atoms with Gasteiger partial charge in [0.1, 0.15) is 11.5 Å². The zero-order chi connectivity index (χ0) is 11.4. The number of hydrogen-bond donors (Lipinski definition) is 1. The van der Waals surface area contributed by atoms with Crippen LogP contribution in [-0.4, -0.2) is 0 Å². The Bertz CT molecular complexity index is 449. The van der Waals surface area contributed by atoms with Crippen molar-refractivity contribution in [3.05, 3.63) is 59.7 Å². The average Bonchev–Trinajstić information content (AvgIpc) is 2.33. The van der Waals surface area contributed by atoms with Crippen LogP contribution >= 0.6 is 0 Å². The van der Waals surface area contributed by atoms with Crippen LogP contribution in [0.5, 0.6) is 11.5 Å². The minimum Gasteiger partial charge on any atom is -0.457 e. The van der Waals surface area contributed by atoms with Crippen LogP contribution in [0.1, 0.15) is 11.1 Å². The van der Waals surface area contributed by atoms with E-state index in [9.17, 15) is 0 Å². The summed E-state index contributed by atoms with van der Waals surface area (Å²) >= 11 is 0. The van der Waals surface area contributed by atoms with Gasteiger partial charge in [-0.2, -0.15) is 0 Å². The quantitative estimate of drug-likeness (QED) is 0.876. The number of rotatable bonds is 3. The molecule has 0 fully saturated rings. The molecule has 0 spiro atoms. The molecule has 0 unspecified atom stereocenters. The first kappa shape index (κ1) is 13.2. The van der Waals surface area contributed by atoms with E-state index in [1.807, 2.05) is 48.5 Å². The minimum absolute atomic E-state index is 0. The van der Waals surface area contributed by atoms with Gasteiger partial charge >= 0.3 is 0 Å². The van der Waals surface area contributed by atoms with E-state index < -0.39 is 0 Å². The third-order valence-corrected chi connectivity index (χ3v) is 2.42. The lowest BCUT2D eigenvalue weighted by atomic mass is 10.2. The molecule has 0 aliphatic rings. The van der Waals surface area contributed by atoms with Gasteiger partial charge in [0.2, 0.25) is 0 Å². The fourth-order valence-electron chi connectivity index (χ4n) is 1.44. The molecule has 3 nitrogen and oxygen atoms in total. The Morgan fingerprint density at radius 1 is 0.882 bits per heavy atom. The molecule has 0 saturated heterocycles. The van der Waals surface area contributed by atoms with Gasteiger partial charge in [-0.05, 0) is 36.8 Å². The molecule has 0 aliphatic heterocycles. The SMILES string of the molecule is Cc1ccc(Oc2ccc(CN)cc2)cc1.[N]. The van der Waals surface area contributed by atoms with Gasteiger partial charge in [-0.3, -0.25) is 0 Å². The highest BCUT2D eigenvalue weighted by molar-refractivity contribution is 5.34. The number of benzene rings is 2. The van der Waals surface area contributed by atoms with E-state index in [0.29, 0.717) is 6.54 Å². The van der Waals surface area contributed by atoms with Crippen LogP contribution in [0.2, 0.25) is 0 Å². The molecular formula is C14H15N2O. The molecule has 2 rings (SSSR count). The second kappa shape index (κ2) is 6.03. The third-order valence-electron chi connectivity index (χ3n) is 2.42. The predicted molar refractivity (Wildman–Crippen MR) is 67.7 cm³/mol. The van der Waals surface area contributed by atoms with Crippen molar-refractivity contribution in [1.82, 2.24) is 6.15 Å². The van der Waals surface area contributed by atoms with Crippen molar-refractivity contribution in [1.29, 1.82) is 0 Å². The van der Waals surface area contributed by atoms with Crippen LogP contribution < -0.4 is 16.6 Å². The summed E-state index contributed by atoms with van der Waals surface area (Å²) in [6.45, 7) is 2.62. The summed E-state index contributed by atoms with van der Waals surface area (Å²) in [5.41, 5.74) is 7.86. The summed E-state index contributed by atoms with van der Waals surface area (Å²) in [7, 11) is 0. The predicted octanol–water partition coefficient (Wildman–Crippen LogP) is 2.77. The van der Waals surface area contributed by atoms with E-state index in [-0.39, 0.29) is 6.15 Å². The van der Waals surface area contributed by atoms with Gasteiger partial charge < -0.3 is 10.5 Å². The summed E-state index contributed by atoms with van der Waals surface area (Å²) in [6, 6.07) is 15.8. The van der Waals surface area contributed by atoms with Gasteiger partial charge in [0.05, 0.1) is 0 Å². The highest BCUT2D eigenvalue weighted by Gasteiger charge is 1.96. The van der Waals surface area contributed by atoms with Gasteiger partial charge in [-0.25, -0.2) is 0 Å². The Morgan fingerprint density at radius 3 is 1.82 bits per heavy atom. The number of ether oxygens (including phenoxy) is 1. The maximum Gasteiger partial charge on any atom is 0.127 e. The van der Waals surface area contributed by atoms with Crippen LogP contribution in [0.3, 0.4) is 0 Å². The third kappa shape index (κ3) is 3.59. The van der Waals surface area contributed by atoms with E-state index in [2.05, 4.69) is 6.92 Å². The molecule has 0 aliphatic carbocycles. The van der Waals surface area contributed by atoms with Gasteiger partial charge in [0.15, 0.2) is 0 Å². The van der Waals surface area contributed by atoms with E-state index >= 15 is 0 Å². The van der Waals surface area contributed by atoms with Gasteiger partial charge in [-0.15, -0.1) is 0 Å². The molecule has 0 aromatic heterocycles. The molecule has 87 valence electrons. The molecule has 0 bridgehead atoms. The minimum atomic E-state index is 0. The Hall–Kier alpha value is -1.84. The van der Waals surface area contributed by atoms with Crippen molar-refractivity contribution in [3.8, 4) is 11.5 Å². The zero-order valence-electron chi connectivity index (χ0n) is 9.76. The lowest BCUT2D eigenvalue weighted by Crippen LogP contribution is -1.95. The van der Waals surface area contributed by atoms with Crippen LogP contribution in [0, 0.1) is 6.92 Å². The maximum atomic E-state index is 5.69. The smallest absolute Gasteiger partial charge is 0.127 e. The summed E-state index contributed by atoms with van der Waals surface area (Å²) in [4.78, 5) is 0. The molecule has 2 N–H and O–H groups in total. The highest BCUT2D eigenvalue weighted by Crippen LogP contribution is 2.21.